The standard InChI is InChI=1S/C19H24ClN/c1-3-14-21-19(16-10-12-17(20)13-11-16)18(4-2)15-8-6-5-7-9-15/h5-13,18-19,21H,3-4,14H2,1-2H3. The molecule has 0 saturated carbocycles. The van der Waals surface area contributed by atoms with Crippen molar-refractivity contribution in [2.45, 2.75) is 38.6 Å². The minimum absolute atomic E-state index is 0.328. The summed E-state index contributed by atoms with van der Waals surface area (Å²) in [4.78, 5) is 0. The van der Waals surface area contributed by atoms with Crippen molar-refractivity contribution in [2.24, 2.45) is 0 Å². The smallest absolute Gasteiger partial charge is 0.0406 e. The summed E-state index contributed by atoms with van der Waals surface area (Å²) in [6, 6.07) is 19.3. The molecule has 0 heterocycles. The molecule has 0 spiro atoms. The lowest BCUT2D eigenvalue weighted by Gasteiger charge is -2.28. The van der Waals surface area contributed by atoms with Crippen LogP contribution in [0.2, 0.25) is 5.02 Å². The van der Waals surface area contributed by atoms with Crippen molar-refractivity contribution in [3.05, 3.63) is 70.7 Å². The van der Waals surface area contributed by atoms with Crippen LogP contribution >= 0.6 is 11.6 Å². The summed E-state index contributed by atoms with van der Waals surface area (Å²) in [6.07, 6.45) is 2.24. The number of halogens is 1. The third-order valence-corrected chi connectivity index (χ3v) is 4.17. The molecule has 0 amide bonds. The second-order valence-electron chi connectivity index (χ2n) is 5.41. The van der Waals surface area contributed by atoms with Gasteiger partial charge in [-0.2, -0.15) is 0 Å². The van der Waals surface area contributed by atoms with Crippen LogP contribution in [0.5, 0.6) is 0 Å². The first-order valence-corrected chi connectivity index (χ1v) is 8.17. The molecule has 2 aromatic carbocycles. The molecule has 2 aromatic rings. The van der Waals surface area contributed by atoms with Crippen LogP contribution in [0.1, 0.15) is 49.8 Å². The number of benzene rings is 2. The van der Waals surface area contributed by atoms with Gasteiger partial charge in [0.2, 0.25) is 0 Å². The lowest BCUT2D eigenvalue weighted by atomic mass is 9.85. The van der Waals surface area contributed by atoms with Gasteiger partial charge in [-0.3, -0.25) is 0 Å². The van der Waals surface area contributed by atoms with E-state index in [9.17, 15) is 0 Å². The number of hydrogen-bond acceptors (Lipinski definition) is 1. The normalized spacial score (nSPS) is 13.9. The molecule has 2 atom stereocenters. The Kier molecular flexibility index (Phi) is 6.28. The quantitative estimate of drug-likeness (QED) is 0.704. The Balaban J connectivity index is 2.31. The van der Waals surface area contributed by atoms with Gasteiger partial charge in [-0.1, -0.05) is 67.9 Å². The highest BCUT2D eigenvalue weighted by molar-refractivity contribution is 6.30. The zero-order valence-corrected chi connectivity index (χ0v) is 13.6. The molecule has 2 unspecified atom stereocenters. The highest BCUT2D eigenvalue weighted by Gasteiger charge is 2.22. The number of hydrogen-bond donors (Lipinski definition) is 1. The molecule has 0 radical (unpaired) electrons. The highest BCUT2D eigenvalue weighted by Crippen LogP contribution is 2.34. The van der Waals surface area contributed by atoms with Gasteiger partial charge in [0.1, 0.15) is 0 Å². The van der Waals surface area contributed by atoms with Crippen molar-refractivity contribution in [2.75, 3.05) is 6.54 Å². The van der Waals surface area contributed by atoms with Gasteiger partial charge in [0.25, 0.3) is 0 Å². The molecule has 1 nitrogen and oxygen atoms in total. The van der Waals surface area contributed by atoms with E-state index in [0.29, 0.717) is 12.0 Å². The van der Waals surface area contributed by atoms with E-state index in [4.69, 9.17) is 11.6 Å². The van der Waals surface area contributed by atoms with E-state index >= 15 is 0 Å². The molecule has 0 saturated heterocycles. The van der Waals surface area contributed by atoms with Crippen LogP contribution in [0.4, 0.5) is 0 Å². The molecular formula is C19H24ClN. The second-order valence-corrected chi connectivity index (χ2v) is 5.85. The molecular weight excluding hydrogens is 278 g/mol. The highest BCUT2D eigenvalue weighted by atomic mass is 35.5. The molecule has 0 aromatic heterocycles. The lowest BCUT2D eigenvalue weighted by Crippen LogP contribution is -2.27. The molecule has 0 aliphatic heterocycles. The summed E-state index contributed by atoms with van der Waals surface area (Å²) in [5, 5.41) is 4.50. The molecule has 112 valence electrons. The van der Waals surface area contributed by atoms with Crippen LogP contribution in [0, 0.1) is 0 Å². The van der Waals surface area contributed by atoms with Gasteiger partial charge >= 0.3 is 0 Å². The molecule has 2 rings (SSSR count). The fourth-order valence-electron chi connectivity index (χ4n) is 2.83. The first-order valence-electron chi connectivity index (χ1n) is 7.80. The van der Waals surface area contributed by atoms with Crippen LogP contribution in [0.25, 0.3) is 0 Å². The van der Waals surface area contributed by atoms with E-state index < -0.39 is 0 Å². The molecule has 2 heteroatoms. The lowest BCUT2D eigenvalue weighted by molar-refractivity contribution is 0.435. The Hall–Kier alpha value is -1.31. The van der Waals surface area contributed by atoms with Crippen LogP contribution in [-0.4, -0.2) is 6.54 Å². The molecule has 0 fully saturated rings. The van der Waals surface area contributed by atoms with Crippen molar-refractivity contribution in [3.63, 3.8) is 0 Å². The van der Waals surface area contributed by atoms with E-state index in [1.54, 1.807) is 0 Å². The SMILES string of the molecule is CCCNC(c1ccc(Cl)cc1)C(CC)c1ccccc1. The Labute approximate surface area is 133 Å². The van der Waals surface area contributed by atoms with Gasteiger partial charge < -0.3 is 5.32 Å². The van der Waals surface area contributed by atoms with Gasteiger partial charge in [0.15, 0.2) is 0 Å². The number of nitrogens with one attached hydrogen (secondary N) is 1. The topological polar surface area (TPSA) is 12.0 Å². The Bertz CT molecular complexity index is 521. The maximum Gasteiger partial charge on any atom is 0.0406 e. The second kappa shape index (κ2) is 8.21. The Morgan fingerprint density at radius 2 is 1.57 bits per heavy atom. The van der Waals surface area contributed by atoms with Crippen LogP contribution in [-0.2, 0) is 0 Å². The fraction of sp³-hybridized carbons (Fsp3) is 0.368. The van der Waals surface area contributed by atoms with E-state index in [0.717, 1.165) is 24.4 Å². The van der Waals surface area contributed by atoms with Gasteiger partial charge in [-0.05, 0) is 42.6 Å². The van der Waals surface area contributed by atoms with Crippen molar-refractivity contribution in [3.8, 4) is 0 Å². The van der Waals surface area contributed by atoms with Gasteiger partial charge in [0, 0.05) is 17.0 Å². The zero-order chi connectivity index (χ0) is 15.1. The van der Waals surface area contributed by atoms with E-state index in [1.165, 1.54) is 11.1 Å². The third kappa shape index (κ3) is 4.33. The molecule has 0 bridgehead atoms. The molecule has 1 N–H and O–H groups in total. The maximum absolute atomic E-state index is 6.03. The van der Waals surface area contributed by atoms with Crippen LogP contribution in [0.3, 0.4) is 0 Å². The van der Waals surface area contributed by atoms with Crippen LogP contribution < -0.4 is 5.32 Å². The van der Waals surface area contributed by atoms with Crippen molar-refractivity contribution in [1.29, 1.82) is 0 Å². The molecule has 0 aliphatic carbocycles. The van der Waals surface area contributed by atoms with Crippen molar-refractivity contribution in [1.82, 2.24) is 5.32 Å². The maximum atomic E-state index is 6.03. The predicted octanol–water partition coefficient (Wildman–Crippen LogP) is 5.57. The van der Waals surface area contributed by atoms with Crippen molar-refractivity contribution >= 4 is 11.6 Å². The monoisotopic (exact) mass is 301 g/mol. The third-order valence-electron chi connectivity index (χ3n) is 3.91. The van der Waals surface area contributed by atoms with Crippen molar-refractivity contribution < 1.29 is 0 Å². The zero-order valence-electron chi connectivity index (χ0n) is 12.9. The first-order chi connectivity index (χ1) is 10.3. The van der Waals surface area contributed by atoms with Gasteiger partial charge in [-0.15, -0.1) is 0 Å². The minimum Gasteiger partial charge on any atom is -0.309 e. The summed E-state index contributed by atoms with van der Waals surface area (Å²) in [6.45, 7) is 5.49. The van der Waals surface area contributed by atoms with E-state index in [-0.39, 0.29) is 0 Å². The average molecular weight is 302 g/mol. The Morgan fingerprint density at radius 3 is 2.14 bits per heavy atom. The number of rotatable bonds is 7. The first kappa shape index (κ1) is 16.1. The summed E-state index contributed by atoms with van der Waals surface area (Å²) in [5.41, 5.74) is 2.70. The minimum atomic E-state index is 0.328. The average Bonchev–Trinajstić information content (AvgIpc) is 2.53. The van der Waals surface area contributed by atoms with E-state index in [1.807, 2.05) is 12.1 Å². The Morgan fingerprint density at radius 1 is 0.905 bits per heavy atom. The summed E-state index contributed by atoms with van der Waals surface area (Å²) >= 11 is 6.03. The van der Waals surface area contributed by atoms with Gasteiger partial charge in [-0.25, -0.2) is 0 Å². The fourth-order valence-corrected chi connectivity index (χ4v) is 2.95. The summed E-state index contributed by atoms with van der Waals surface area (Å²) in [5.74, 6) is 0.471. The van der Waals surface area contributed by atoms with E-state index in [2.05, 4.69) is 61.6 Å². The summed E-state index contributed by atoms with van der Waals surface area (Å²) in [7, 11) is 0. The van der Waals surface area contributed by atoms with Gasteiger partial charge in [0.05, 0.1) is 0 Å². The largest absolute Gasteiger partial charge is 0.309 e. The van der Waals surface area contributed by atoms with Crippen LogP contribution in [0.15, 0.2) is 54.6 Å². The molecule has 0 aliphatic rings. The predicted molar refractivity (Wildman–Crippen MR) is 92.0 cm³/mol. The summed E-state index contributed by atoms with van der Waals surface area (Å²) < 4.78 is 0. The molecule has 21 heavy (non-hydrogen) atoms.